The predicted octanol–water partition coefficient (Wildman–Crippen LogP) is 2.06. The smallest absolute Gasteiger partial charge is 0.123 e. The van der Waals surface area contributed by atoms with E-state index < -0.39 is 0 Å². The number of nitrogens with zero attached hydrogens (tertiary/aromatic N) is 2. The molecule has 1 rings (SSSR count). The molecule has 1 aromatic rings. The van der Waals surface area contributed by atoms with Gasteiger partial charge < -0.3 is 19.9 Å². The Morgan fingerprint density at radius 3 is 2.38 bits per heavy atom. The molecule has 4 heteroatoms. The average Bonchev–Trinajstić information content (AvgIpc) is 2.51. The third kappa shape index (κ3) is 6.93. The second kappa shape index (κ2) is 10.6. The summed E-state index contributed by atoms with van der Waals surface area (Å²) in [5.74, 6) is 0.971. The highest BCUT2D eigenvalue weighted by Gasteiger charge is 2.05. The van der Waals surface area contributed by atoms with E-state index >= 15 is 0 Å². The van der Waals surface area contributed by atoms with Crippen LogP contribution >= 0.6 is 0 Å². The van der Waals surface area contributed by atoms with Gasteiger partial charge >= 0.3 is 0 Å². The van der Waals surface area contributed by atoms with Crippen molar-refractivity contribution in [3.8, 4) is 5.75 Å². The number of ether oxygens (including phenoxy) is 1. The van der Waals surface area contributed by atoms with Gasteiger partial charge in [0, 0.05) is 38.3 Å². The molecule has 0 saturated heterocycles. The lowest BCUT2D eigenvalue weighted by Crippen LogP contribution is -2.35. The van der Waals surface area contributed by atoms with Crippen LogP contribution in [0.2, 0.25) is 0 Å². The Morgan fingerprint density at radius 2 is 1.71 bits per heavy atom. The van der Waals surface area contributed by atoms with Gasteiger partial charge in [0.05, 0.1) is 7.11 Å². The van der Waals surface area contributed by atoms with E-state index in [0.717, 1.165) is 51.6 Å². The van der Waals surface area contributed by atoms with Crippen molar-refractivity contribution in [2.45, 2.75) is 20.4 Å². The first kappa shape index (κ1) is 18.0. The second-order valence-corrected chi connectivity index (χ2v) is 5.33. The second-order valence-electron chi connectivity index (χ2n) is 5.33. The standard InChI is InChI=1S/C17H31N3O/c1-5-20(6-2)14-12-18-11-13-19(3)15-16-9-7-8-10-17(16)21-4/h7-10,18H,5-6,11-15H2,1-4H3. The number of para-hydroxylation sites is 1. The number of hydrogen-bond donors (Lipinski definition) is 1. The number of hydrogen-bond acceptors (Lipinski definition) is 4. The fraction of sp³-hybridized carbons (Fsp3) is 0.647. The van der Waals surface area contributed by atoms with Crippen molar-refractivity contribution in [2.75, 3.05) is 53.4 Å². The maximum Gasteiger partial charge on any atom is 0.123 e. The van der Waals surface area contributed by atoms with E-state index in [2.05, 4.69) is 48.1 Å². The molecule has 0 aliphatic rings. The highest BCUT2D eigenvalue weighted by molar-refractivity contribution is 5.32. The quantitative estimate of drug-likeness (QED) is 0.632. The van der Waals surface area contributed by atoms with Crippen LogP contribution in [0.15, 0.2) is 24.3 Å². The van der Waals surface area contributed by atoms with E-state index in [1.165, 1.54) is 5.56 Å². The van der Waals surface area contributed by atoms with Crippen LogP contribution in [0.5, 0.6) is 5.75 Å². The zero-order valence-electron chi connectivity index (χ0n) is 14.1. The first-order chi connectivity index (χ1) is 10.2. The molecule has 0 aliphatic heterocycles. The van der Waals surface area contributed by atoms with Gasteiger partial charge in [-0.15, -0.1) is 0 Å². The molecule has 0 spiro atoms. The molecule has 0 radical (unpaired) electrons. The molecule has 0 amide bonds. The Labute approximate surface area is 130 Å². The third-order valence-corrected chi connectivity index (χ3v) is 3.80. The number of rotatable bonds is 11. The van der Waals surface area contributed by atoms with Gasteiger partial charge in [-0.25, -0.2) is 0 Å². The number of methoxy groups -OCH3 is 1. The fourth-order valence-electron chi connectivity index (χ4n) is 2.38. The molecule has 0 heterocycles. The summed E-state index contributed by atoms with van der Waals surface area (Å²) in [6.07, 6.45) is 0. The lowest BCUT2D eigenvalue weighted by molar-refractivity contribution is 0.289. The lowest BCUT2D eigenvalue weighted by Gasteiger charge is -2.20. The van der Waals surface area contributed by atoms with Crippen molar-refractivity contribution < 1.29 is 4.74 Å². The van der Waals surface area contributed by atoms with E-state index in [1.54, 1.807) is 7.11 Å². The van der Waals surface area contributed by atoms with Crippen LogP contribution in [0.3, 0.4) is 0 Å². The summed E-state index contributed by atoms with van der Waals surface area (Å²) >= 11 is 0. The summed E-state index contributed by atoms with van der Waals surface area (Å²) in [7, 11) is 3.88. The van der Waals surface area contributed by atoms with Crippen LogP contribution in [0.1, 0.15) is 19.4 Å². The van der Waals surface area contributed by atoms with E-state index in [1.807, 2.05) is 12.1 Å². The fourth-order valence-corrected chi connectivity index (χ4v) is 2.38. The van der Waals surface area contributed by atoms with Gasteiger partial charge in [-0.3, -0.25) is 0 Å². The number of nitrogens with one attached hydrogen (secondary N) is 1. The molecule has 0 fully saturated rings. The molecule has 1 N–H and O–H groups in total. The molecule has 0 unspecified atom stereocenters. The summed E-state index contributed by atoms with van der Waals surface area (Å²) in [6, 6.07) is 8.22. The van der Waals surface area contributed by atoms with Gasteiger partial charge in [0.15, 0.2) is 0 Å². The van der Waals surface area contributed by atoms with Crippen molar-refractivity contribution in [1.82, 2.24) is 15.1 Å². The van der Waals surface area contributed by atoms with Crippen LogP contribution in [0, 0.1) is 0 Å². The van der Waals surface area contributed by atoms with Crippen molar-refractivity contribution in [1.29, 1.82) is 0 Å². The molecular weight excluding hydrogens is 262 g/mol. The van der Waals surface area contributed by atoms with E-state index in [4.69, 9.17) is 4.74 Å². The number of benzene rings is 1. The van der Waals surface area contributed by atoms with Crippen LogP contribution in [0.25, 0.3) is 0 Å². The van der Waals surface area contributed by atoms with E-state index in [0.29, 0.717) is 0 Å². The van der Waals surface area contributed by atoms with E-state index in [9.17, 15) is 0 Å². The molecule has 0 aromatic heterocycles. The van der Waals surface area contributed by atoms with Gasteiger partial charge in [-0.2, -0.15) is 0 Å². The Bertz CT molecular complexity index is 380. The molecule has 0 bridgehead atoms. The topological polar surface area (TPSA) is 27.7 Å². The lowest BCUT2D eigenvalue weighted by atomic mass is 10.2. The molecule has 0 aliphatic carbocycles. The monoisotopic (exact) mass is 293 g/mol. The van der Waals surface area contributed by atoms with Crippen molar-refractivity contribution in [2.24, 2.45) is 0 Å². The molecule has 0 atom stereocenters. The van der Waals surface area contributed by atoms with Crippen LogP contribution in [-0.4, -0.2) is 63.2 Å². The highest BCUT2D eigenvalue weighted by Crippen LogP contribution is 2.18. The maximum absolute atomic E-state index is 5.39. The first-order valence-electron chi connectivity index (χ1n) is 7.94. The molecular formula is C17H31N3O. The Morgan fingerprint density at radius 1 is 1.05 bits per heavy atom. The Balaban J connectivity index is 2.21. The minimum absolute atomic E-state index is 0.918. The van der Waals surface area contributed by atoms with Crippen molar-refractivity contribution in [3.05, 3.63) is 29.8 Å². The summed E-state index contributed by atoms with van der Waals surface area (Å²) in [5.41, 5.74) is 1.24. The SMILES string of the molecule is CCN(CC)CCNCCN(C)Cc1ccccc1OC. The molecule has 1 aromatic carbocycles. The van der Waals surface area contributed by atoms with Gasteiger partial charge in [-0.05, 0) is 26.2 Å². The third-order valence-electron chi connectivity index (χ3n) is 3.80. The summed E-state index contributed by atoms with van der Waals surface area (Å²) in [6.45, 7) is 11.9. The normalized spacial score (nSPS) is 11.3. The van der Waals surface area contributed by atoms with Gasteiger partial charge in [0.2, 0.25) is 0 Å². The molecule has 21 heavy (non-hydrogen) atoms. The molecule has 0 saturated carbocycles. The van der Waals surface area contributed by atoms with Gasteiger partial charge in [0.1, 0.15) is 5.75 Å². The Kier molecular flexibility index (Phi) is 9.06. The Hall–Kier alpha value is -1.10. The first-order valence-corrected chi connectivity index (χ1v) is 7.94. The summed E-state index contributed by atoms with van der Waals surface area (Å²) < 4.78 is 5.39. The van der Waals surface area contributed by atoms with Crippen molar-refractivity contribution in [3.63, 3.8) is 0 Å². The predicted molar refractivity (Wildman–Crippen MR) is 90.0 cm³/mol. The van der Waals surface area contributed by atoms with Gasteiger partial charge in [-0.1, -0.05) is 32.0 Å². The largest absolute Gasteiger partial charge is 0.496 e. The highest BCUT2D eigenvalue weighted by atomic mass is 16.5. The van der Waals surface area contributed by atoms with Crippen LogP contribution < -0.4 is 10.1 Å². The number of likely N-dealkylation sites (N-methyl/N-ethyl adjacent to an activating group) is 2. The van der Waals surface area contributed by atoms with Crippen LogP contribution in [-0.2, 0) is 6.54 Å². The zero-order valence-corrected chi connectivity index (χ0v) is 14.1. The summed E-state index contributed by atoms with van der Waals surface area (Å²) in [4.78, 5) is 4.76. The molecule has 120 valence electrons. The van der Waals surface area contributed by atoms with Crippen LogP contribution in [0.4, 0.5) is 0 Å². The summed E-state index contributed by atoms with van der Waals surface area (Å²) in [5, 5.41) is 3.52. The minimum atomic E-state index is 0.918. The zero-order chi connectivity index (χ0) is 15.5. The van der Waals surface area contributed by atoms with E-state index in [-0.39, 0.29) is 0 Å². The average molecular weight is 293 g/mol. The van der Waals surface area contributed by atoms with Gasteiger partial charge in [0.25, 0.3) is 0 Å². The van der Waals surface area contributed by atoms with Crippen molar-refractivity contribution >= 4 is 0 Å². The maximum atomic E-state index is 5.39. The minimum Gasteiger partial charge on any atom is -0.496 e. The molecule has 4 nitrogen and oxygen atoms in total.